The van der Waals surface area contributed by atoms with Gasteiger partial charge in [0.1, 0.15) is 0 Å². The third kappa shape index (κ3) is 3.97. The molecule has 1 N–H and O–H groups in total. The predicted molar refractivity (Wildman–Crippen MR) is 83.0 cm³/mol. The van der Waals surface area contributed by atoms with Crippen LogP contribution in [0.2, 0.25) is 15.1 Å². The van der Waals surface area contributed by atoms with E-state index < -0.39 is 5.91 Å². The lowest BCUT2D eigenvalue weighted by Crippen LogP contribution is -2.18. The SMILES string of the molecule is O=C(NN=Cc1cccc(Cl)c1)c1ccc(Cl)cc1Cl. The van der Waals surface area contributed by atoms with E-state index in [9.17, 15) is 4.79 Å². The molecule has 2 rings (SSSR count). The average Bonchev–Trinajstić information content (AvgIpc) is 2.38. The minimum absolute atomic E-state index is 0.271. The number of carbonyl (C=O) groups is 1. The monoisotopic (exact) mass is 326 g/mol. The van der Waals surface area contributed by atoms with Crippen LogP contribution in [0.4, 0.5) is 0 Å². The molecule has 0 fully saturated rings. The van der Waals surface area contributed by atoms with Crippen LogP contribution in [0.1, 0.15) is 15.9 Å². The first-order chi connectivity index (χ1) is 9.56. The van der Waals surface area contributed by atoms with Crippen LogP contribution in [0, 0.1) is 0 Å². The maximum absolute atomic E-state index is 11.9. The summed E-state index contributed by atoms with van der Waals surface area (Å²) in [5.41, 5.74) is 3.47. The molecule has 20 heavy (non-hydrogen) atoms. The summed E-state index contributed by atoms with van der Waals surface area (Å²) < 4.78 is 0. The van der Waals surface area contributed by atoms with Crippen LogP contribution < -0.4 is 5.43 Å². The Balaban J connectivity index is 2.05. The zero-order valence-corrected chi connectivity index (χ0v) is 12.4. The molecule has 2 aromatic rings. The van der Waals surface area contributed by atoms with E-state index in [1.165, 1.54) is 18.3 Å². The van der Waals surface area contributed by atoms with Gasteiger partial charge in [-0.25, -0.2) is 5.43 Å². The van der Waals surface area contributed by atoms with Crippen molar-refractivity contribution in [1.29, 1.82) is 0 Å². The van der Waals surface area contributed by atoms with E-state index in [0.717, 1.165) is 5.56 Å². The Morgan fingerprint density at radius 2 is 1.80 bits per heavy atom. The van der Waals surface area contributed by atoms with Gasteiger partial charge in [-0.1, -0.05) is 46.9 Å². The smallest absolute Gasteiger partial charge is 0.267 e. The van der Waals surface area contributed by atoms with Crippen molar-refractivity contribution in [2.45, 2.75) is 0 Å². The Labute approximate surface area is 131 Å². The predicted octanol–water partition coefficient (Wildman–Crippen LogP) is 4.41. The van der Waals surface area contributed by atoms with Crippen molar-refractivity contribution in [2.75, 3.05) is 0 Å². The summed E-state index contributed by atoms with van der Waals surface area (Å²) in [6.45, 7) is 0. The zero-order chi connectivity index (χ0) is 14.5. The molecule has 0 bridgehead atoms. The van der Waals surface area contributed by atoms with E-state index in [-0.39, 0.29) is 5.02 Å². The third-order valence-corrected chi connectivity index (χ3v) is 3.19. The first-order valence-corrected chi connectivity index (χ1v) is 6.73. The first-order valence-electron chi connectivity index (χ1n) is 5.60. The van der Waals surface area contributed by atoms with Crippen LogP contribution in [-0.4, -0.2) is 12.1 Å². The summed E-state index contributed by atoms with van der Waals surface area (Å²) in [6, 6.07) is 11.7. The number of rotatable bonds is 3. The molecule has 1 amide bonds. The van der Waals surface area contributed by atoms with Crippen LogP contribution in [0.3, 0.4) is 0 Å². The molecule has 6 heteroatoms. The topological polar surface area (TPSA) is 41.5 Å². The fourth-order valence-corrected chi connectivity index (χ4v) is 2.18. The van der Waals surface area contributed by atoms with Gasteiger partial charge in [-0.05, 0) is 35.9 Å². The summed E-state index contributed by atoms with van der Waals surface area (Å²) in [5.74, 6) is -0.412. The van der Waals surface area contributed by atoms with E-state index in [2.05, 4.69) is 10.5 Å². The van der Waals surface area contributed by atoms with Crippen molar-refractivity contribution in [2.24, 2.45) is 5.10 Å². The number of hydrogen-bond donors (Lipinski definition) is 1. The standard InChI is InChI=1S/C14H9Cl3N2O/c15-10-3-1-2-9(6-10)8-18-19-14(20)12-5-4-11(16)7-13(12)17/h1-8H,(H,19,20). The van der Waals surface area contributed by atoms with Crippen LogP contribution >= 0.6 is 34.8 Å². The van der Waals surface area contributed by atoms with Gasteiger partial charge >= 0.3 is 0 Å². The van der Waals surface area contributed by atoms with Gasteiger partial charge in [-0.3, -0.25) is 4.79 Å². The minimum Gasteiger partial charge on any atom is -0.267 e. The normalized spacial score (nSPS) is 10.8. The molecule has 102 valence electrons. The number of nitrogens with one attached hydrogen (secondary N) is 1. The second-order valence-electron chi connectivity index (χ2n) is 3.88. The van der Waals surface area contributed by atoms with E-state index in [1.54, 1.807) is 24.3 Å². The third-order valence-electron chi connectivity index (χ3n) is 2.40. The van der Waals surface area contributed by atoms with Crippen molar-refractivity contribution >= 4 is 46.9 Å². The Bertz CT molecular complexity index is 671. The van der Waals surface area contributed by atoms with Gasteiger partial charge < -0.3 is 0 Å². The summed E-state index contributed by atoms with van der Waals surface area (Å²) in [7, 11) is 0. The lowest BCUT2D eigenvalue weighted by Gasteiger charge is -2.02. The molecule has 0 atom stereocenters. The van der Waals surface area contributed by atoms with Crippen molar-refractivity contribution in [3.05, 3.63) is 68.7 Å². The van der Waals surface area contributed by atoms with E-state index in [0.29, 0.717) is 15.6 Å². The van der Waals surface area contributed by atoms with Crippen LogP contribution in [0.5, 0.6) is 0 Å². The van der Waals surface area contributed by atoms with Crippen molar-refractivity contribution < 1.29 is 4.79 Å². The quantitative estimate of drug-likeness (QED) is 0.658. The highest BCUT2D eigenvalue weighted by Gasteiger charge is 2.09. The summed E-state index contributed by atoms with van der Waals surface area (Å²) >= 11 is 17.5. The first kappa shape index (κ1) is 14.9. The fourth-order valence-electron chi connectivity index (χ4n) is 1.49. The minimum atomic E-state index is -0.412. The number of hydrazone groups is 1. The summed E-state index contributed by atoms with van der Waals surface area (Å²) in [6.07, 6.45) is 1.49. The molecule has 0 unspecified atom stereocenters. The molecule has 0 radical (unpaired) electrons. The maximum Gasteiger partial charge on any atom is 0.272 e. The van der Waals surface area contributed by atoms with Crippen molar-refractivity contribution in [3.63, 3.8) is 0 Å². The van der Waals surface area contributed by atoms with Crippen LogP contribution in [0.15, 0.2) is 47.6 Å². The lowest BCUT2D eigenvalue weighted by molar-refractivity contribution is 0.0955. The summed E-state index contributed by atoms with van der Waals surface area (Å²) in [5, 5.41) is 5.18. The molecule has 0 saturated carbocycles. The number of halogens is 3. The molecule has 3 nitrogen and oxygen atoms in total. The van der Waals surface area contributed by atoms with E-state index in [1.807, 2.05) is 6.07 Å². The number of nitrogens with zero attached hydrogens (tertiary/aromatic N) is 1. The molecule has 0 heterocycles. The average molecular weight is 328 g/mol. The summed E-state index contributed by atoms with van der Waals surface area (Å²) in [4.78, 5) is 11.9. The van der Waals surface area contributed by atoms with Gasteiger partial charge in [0.05, 0.1) is 16.8 Å². The highest BCUT2D eigenvalue weighted by molar-refractivity contribution is 6.36. The highest BCUT2D eigenvalue weighted by atomic mass is 35.5. The van der Waals surface area contributed by atoms with Gasteiger partial charge in [0.2, 0.25) is 0 Å². The largest absolute Gasteiger partial charge is 0.272 e. The van der Waals surface area contributed by atoms with Gasteiger partial charge in [0.25, 0.3) is 5.91 Å². The van der Waals surface area contributed by atoms with Gasteiger partial charge in [0, 0.05) is 10.0 Å². The number of amides is 1. The van der Waals surface area contributed by atoms with E-state index in [4.69, 9.17) is 34.8 Å². The van der Waals surface area contributed by atoms with E-state index >= 15 is 0 Å². The molecule has 0 saturated heterocycles. The molecule has 0 aliphatic carbocycles. The number of carbonyl (C=O) groups excluding carboxylic acids is 1. The highest BCUT2D eigenvalue weighted by Crippen LogP contribution is 2.20. The van der Waals surface area contributed by atoms with Crippen molar-refractivity contribution in [1.82, 2.24) is 5.43 Å². The Morgan fingerprint density at radius 1 is 1.05 bits per heavy atom. The molecule has 0 aliphatic heterocycles. The van der Waals surface area contributed by atoms with Crippen molar-refractivity contribution in [3.8, 4) is 0 Å². The molecule has 0 spiro atoms. The van der Waals surface area contributed by atoms with Gasteiger partial charge in [0.15, 0.2) is 0 Å². The second kappa shape index (κ2) is 6.75. The van der Waals surface area contributed by atoms with Gasteiger partial charge in [-0.15, -0.1) is 0 Å². The Kier molecular flexibility index (Phi) is 5.01. The van der Waals surface area contributed by atoms with Gasteiger partial charge in [-0.2, -0.15) is 5.10 Å². The zero-order valence-electron chi connectivity index (χ0n) is 10.1. The lowest BCUT2D eigenvalue weighted by atomic mass is 10.2. The second-order valence-corrected chi connectivity index (χ2v) is 5.16. The molecule has 0 aliphatic rings. The molecule has 0 aromatic heterocycles. The number of hydrogen-bond acceptors (Lipinski definition) is 2. The fraction of sp³-hybridized carbons (Fsp3) is 0. The van der Waals surface area contributed by atoms with Crippen LogP contribution in [-0.2, 0) is 0 Å². The molecular formula is C14H9Cl3N2O. The Morgan fingerprint density at radius 3 is 2.50 bits per heavy atom. The maximum atomic E-state index is 11.9. The van der Waals surface area contributed by atoms with Crippen LogP contribution in [0.25, 0.3) is 0 Å². The molecular weight excluding hydrogens is 319 g/mol. The molecule has 2 aromatic carbocycles. The number of benzene rings is 2. The Hall–Kier alpha value is -1.55.